The molecule has 72 valence electrons. The normalized spacial score (nSPS) is 10.7. The summed E-state index contributed by atoms with van der Waals surface area (Å²) < 4.78 is 0. The molecule has 0 radical (unpaired) electrons. The van der Waals surface area contributed by atoms with E-state index >= 15 is 0 Å². The molecule has 0 atom stereocenters. The van der Waals surface area contributed by atoms with E-state index in [0.717, 1.165) is 16.6 Å². The number of H-pyrrole nitrogens is 1. The van der Waals surface area contributed by atoms with Crippen molar-refractivity contribution in [2.45, 2.75) is 6.92 Å². The van der Waals surface area contributed by atoms with Crippen LogP contribution in [0, 0.1) is 6.92 Å². The van der Waals surface area contributed by atoms with Crippen molar-refractivity contribution >= 4 is 28.5 Å². The van der Waals surface area contributed by atoms with Gasteiger partial charge in [0.25, 0.3) is 0 Å². The van der Waals surface area contributed by atoms with Crippen LogP contribution in [0.3, 0.4) is 0 Å². The molecule has 1 heterocycles. The fourth-order valence-electron chi connectivity index (χ4n) is 1.43. The highest BCUT2D eigenvalue weighted by atomic mass is 35.5. The Hall–Kier alpha value is -1.48. The smallest absolute Gasteiger partial charge is 0.335 e. The number of aromatic carboxylic acids is 1. The van der Waals surface area contributed by atoms with Crippen LogP contribution in [-0.4, -0.2) is 16.1 Å². The molecule has 2 rings (SSSR count). The minimum absolute atomic E-state index is 0.249. The number of rotatable bonds is 1. The van der Waals surface area contributed by atoms with Gasteiger partial charge < -0.3 is 10.1 Å². The molecule has 0 unspecified atom stereocenters. The highest BCUT2D eigenvalue weighted by Crippen LogP contribution is 2.27. The minimum Gasteiger partial charge on any atom is -0.478 e. The van der Waals surface area contributed by atoms with Gasteiger partial charge in [-0.25, -0.2) is 4.79 Å². The molecule has 4 heteroatoms. The molecule has 0 saturated carbocycles. The first-order chi connectivity index (χ1) is 6.59. The molecule has 0 bridgehead atoms. The van der Waals surface area contributed by atoms with Crippen molar-refractivity contribution < 1.29 is 9.90 Å². The summed E-state index contributed by atoms with van der Waals surface area (Å²) in [4.78, 5) is 13.8. The topological polar surface area (TPSA) is 53.1 Å². The van der Waals surface area contributed by atoms with Crippen molar-refractivity contribution in [2.24, 2.45) is 0 Å². The summed E-state index contributed by atoms with van der Waals surface area (Å²) in [6, 6.07) is 4.85. The van der Waals surface area contributed by atoms with Crippen molar-refractivity contribution in [2.75, 3.05) is 0 Å². The van der Waals surface area contributed by atoms with E-state index in [2.05, 4.69) is 4.98 Å². The van der Waals surface area contributed by atoms with Crippen molar-refractivity contribution in [3.63, 3.8) is 0 Å². The van der Waals surface area contributed by atoms with Gasteiger partial charge in [-0.1, -0.05) is 11.6 Å². The lowest BCUT2D eigenvalue weighted by molar-refractivity contribution is 0.0697. The number of hydrogen-bond donors (Lipinski definition) is 2. The summed E-state index contributed by atoms with van der Waals surface area (Å²) in [5.41, 5.74) is 1.96. The molecule has 1 aromatic heterocycles. The molecule has 0 aliphatic rings. The Balaban J connectivity index is 2.76. The standard InChI is InChI=1S/C10H8ClNO2/c1-5-9(11)7-4-6(10(13)14)2-3-8(7)12-5/h2-4,12H,1H3,(H,13,14). The number of fused-ring (bicyclic) bond motifs is 1. The van der Waals surface area contributed by atoms with Crippen LogP contribution in [0.15, 0.2) is 18.2 Å². The van der Waals surface area contributed by atoms with Gasteiger partial charge in [-0.2, -0.15) is 0 Å². The van der Waals surface area contributed by atoms with Gasteiger partial charge in [-0.15, -0.1) is 0 Å². The van der Waals surface area contributed by atoms with E-state index in [-0.39, 0.29) is 5.56 Å². The Morgan fingerprint density at radius 2 is 2.21 bits per heavy atom. The zero-order valence-corrected chi connectivity index (χ0v) is 8.22. The predicted octanol–water partition coefficient (Wildman–Crippen LogP) is 2.83. The third-order valence-electron chi connectivity index (χ3n) is 2.15. The number of aryl methyl sites for hydroxylation is 1. The van der Waals surface area contributed by atoms with Crippen LogP contribution in [0.1, 0.15) is 16.1 Å². The molecule has 0 aliphatic heterocycles. The number of halogens is 1. The van der Waals surface area contributed by atoms with Gasteiger partial charge in [-0.05, 0) is 25.1 Å². The quantitative estimate of drug-likeness (QED) is 0.759. The van der Waals surface area contributed by atoms with E-state index < -0.39 is 5.97 Å². The third kappa shape index (κ3) is 1.26. The van der Waals surface area contributed by atoms with Crippen molar-refractivity contribution in [1.29, 1.82) is 0 Å². The molecule has 0 fully saturated rings. The van der Waals surface area contributed by atoms with Gasteiger partial charge in [0.15, 0.2) is 0 Å². The van der Waals surface area contributed by atoms with E-state index in [9.17, 15) is 4.79 Å². The number of carboxylic acid groups (broad SMARTS) is 1. The van der Waals surface area contributed by atoms with Crippen molar-refractivity contribution in [3.8, 4) is 0 Å². The fraction of sp³-hybridized carbons (Fsp3) is 0.100. The summed E-state index contributed by atoms with van der Waals surface area (Å²) in [5, 5.41) is 10.1. The highest BCUT2D eigenvalue weighted by Gasteiger charge is 2.09. The molecule has 14 heavy (non-hydrogen) atoms. The van der Waals surface area contributed by atoms with Crippen LogP contribution in [0.4, 0.5) is 0 Å². The molecule has 2 aromatic rings. The van der Waals surface area contributed by atoms with Crippen LogP contribution >= 0.6 is 11.6 Å². The maximum atomic E-state index is 10.7. The number of hydrogen-bond acceptors (Lipinski definition) is 1. The summed E-state index contributed by atoms with van der Waals surface area (Å²) in [7, 11) is 0. The van der Waals surface area contributed by atoms with Gasteiger partial charge in [-0.3, -0.25) is 0 Å². The number of aromatic nitrogens is 1. The first kappa shape index (κ1) is 9.09. The van der Waals surface area contributed by atoms with E-state index in [4.69, 9.17) is 16.7 Å². The second kappa shape index (κ2) is 3.03. The molecule has 0 amide bonds. The first-order valence-electron chi connectivity index (χ1n) is 4.10. The minimum atomic E-state index is -0.943. The van der Waals surface area contributed by atoms with Crippen LogP contribution in [0.25, 0.3) is 10.9 Å². The average Bonchev–Trinajstić information content (AvgIpc) is 2.43. The first-order valence-corrected chi connectivity index (χ1v) is 4.48. The van der Waals surface area contributed by atoms with Crippen molar-refractivity contribution in [3.05, 3.63) is 34.5 Å². The summed E-state index contributed by atoms with van der Waals surface area (Å²) in [6.45, 7) is 1.85. The predicted molar refractivity (Wildman–Crippen MR) is 55.0 cm³/mol. The van der Waals surface area contributed by atoms with Crippen LogP contribution in [0.2, 0.25) is 5.02 Å². The Bertz CT molecular complexity index is 516. The van der Waals surface area contributed by atoms with Gasteiger partial charge in [0.1, 0.15) is 0 Å². The lowest BCUT2D eigenvalue weighted by Gasteiger charge is -1.94. The fourth-order valence-corrected chi connectivity index (χ4v) is 1.63. The van der Waals surface area contributed by atoms with Crippen LogP contribution in [0.5, 0.6) is 0 Å². The summed E-state index contributed by atoms with van der Waals surface area (Å²) in [6.07, 6.45) is 0. The van der Waals surface area contributed by atoms with E-state index in [1.54, 1.807) is 18.2 Å². The lowest BCUT2D eigenvalue weighted by atomic mass is 10.1. The zero-order valence-electron chi connectivity index (χ0n) is 7.47. The Kier molecular flexibility index (Phi) is 1.97. The maximum absolute atomic E-state index is 10.7. The summed E-state index contributed by atoms with van der Waals surface area (Å²) >= 11 is 5.99. The molecule has 0 saturated heterocycles. The van der Waals surface area contributed by atoms with Gasteiger partial charge in [0, 0.05) is 16.6 Å². The molecule has 0 spiro atoms. The largest absolute Gasteiger partial charge is 0.478 e. The third-order valence-corrected chi connectivity index (χ3v) is 2.64. The summed E-state index contributed by atoms with van der Waals surface area (Å²) in [5.74, 6) is -0.943. The van der Waals surface area contributed by atoms with E-state index in [0.29, 0.717) is 5.02 Å². The van der Waals surface area contributed by atoms with E-state index in [1.165, 1.54) is 0 Å². The van der Waals surface area contributed by atoms with Gasteiger partial charge in [0.2, 0.25) is 0 Å². The second-order valence-corrected chi connectivity index (χ2v) is 3.51. The molecule has 3 nitrogen and oxygen atoms in total. The van der Waals surface area contributed by atoms with Crippen LogP contribution in [-0.2, 0) is 0 Å². The Labute approximate surface area is 85.3 Å². The number of benzene rings is 1. The molecule has 2 N–H and O–H groups in total. The average molecular weight is 210 g/mol. The van der Waals surface area contributed by atoms with Crippen molar-refractivity contribution in [1.82, 2.24) is 4.98 Å². The lowest BCUT2D eigenvalue weighted by Crippen LogP contribution is -1.94. The molecular weight excluding hydrogens is 202 g/mol. The SMILES string of the molecule is Cc1[nH]c2ccc(C(=O)O)cc2c1Cl. The van der Waals surface area contributed by atoms with E-state index in [1.807, 2.05) is 6.92 Å². The zero-order chi connectivity index (χ0) is 10.3. The number of carbonyl (C=O) groups is 1. The second-order valence-electron chi connectivity index (χ2n) is 3.13. The highest BCUT2D eigenvalue weighted by molar-refractivity contribution is 6.36. The van der Waals surface area contributed by atoms with Gasteiger partial charge in [0.05, 0.1) is 10.6 Å². The Morgan fingerprint density at radius 1 is 1.50 bits per heavy atom. The van der Waals surface area contributed by atoms with Gasteiger partial charge >= 0.3 is 5.97 Å². The number of nitrogens with one attached hydrogen (secondary N) is 1. The Morgan fingerprint density at radius 3 is 2.86 bits per heavy atom. The molecule has 1 aromatic carbocycles. The molecule has 0 aliphatic carbocycles. The van der Waals surface area contributed by atoms with Crippen LogP contribution < -0.4 is 0 Å². The monoisotopic (exact) mass is 209 g/mol. The number of carboxylic acids is 1. The number of aromatic amines is 1. The maximum Gasteiger partial charge on any atom is 0.335 e. The molecular formula is C10H8ClNO2.